The second-order valence-electron chi connectivity index (χ2n) is 4.64. The number of rotatable bonds is 2. The van der Waals surface area contributed by atoms with Crippen LogP contribution in [-0.4, -0.2) is 49.4 Å². The van der Waals surface area contributed by atoms with Gasteiger partial charge in [0, 0.05) is 26.1 Å². The maximum atomic E-state index is 12.1. The van der Waals surface area contributed by atoms with Gasteiger partial charge >= 0.3 is 0 Å². The SMILES string of the molecule is CN(C(=O)C1CNC(=O)C1)C1CCNCC1.Cl. The number of carbonyl (C=O) groups is 2. The van der Waals surface area contributed by atoms with E-state index in [9.17, 15) is 9.59 Å². The molecule has 1 unspecified atom stereocenters. The minimum absolute atomic E-state index is 0. The minimum Gasteiger partial charge on any atom is -0.355 e. The molecule has 0 aromatic rings. The van der Waals surface area contributed by atoms with Gasteiger partial charge in [-0.3, -0.25) is 9.59 Å². The molecule has 0 aromatic carbocycles. The topological polar surface area (TPSA) is 61.4 Å². The Labute approximate surface area is 108 Å². The molecule has 2 rings (SSSR count). The predicted molar refractivity (Wildman–Crippen MR) is 67.0 cm³/mol. The molecule has 1 atom stereocenters. The van der Waals surface area contributed by atoms with Gasteiger partial charge in [0.2, 0.25) is 11.8 Å². The molecule has 2 N–H and O–H groups in total. The highest BCUT2D eigenvalue weighted by molar-refractivity contribution is 5.89. The normalized spacial score (nSPS) is 25.0. The van der Waals surface area contributed by atoms with E-state index in [0.717, 1.165) is 25.9 Å². The summed E-state index contributed by atoms with van der Waals surface area (Å²) in [5.74, 6) is -0.0327. The summed E-state index contributed by atoms with van der Waals surface area (Å²) in [6.45, 7) is 2.46. The fourth-order valence-corrected chi connectivity index (χ4v) is 2.44. The van der Waals surface area contributed by atoms with E-state index < -0.39 is 0 Å². The first-order valence-corrected chi connectivity index (χ1v) is 5.92. The number of hydrogen-bond donors (Lipinski definition) is 2. The smallest absolute Gasteiger partial charge is 0.227 e. The first-order chi connectivity index (χ1) is 7.68. The molecule has 2 heterocycles. The van der Waals surface area contributed by atoms with Crippen LogP contribution in [0.1, 0.15) is 19.3 Å². The van der Waals surface area contributed by atoms with Crippen LogP contribution in [0.2, 0.25) is 0 Å². The Morgan fingerprint density at radius 1 is 1.35 bits per heavy atom. The Bertz CT molecular complexity index is 292. The zero-order valence-corrected chi connectivity index (χ0v) is 10.9. The van der Waals surface area contributed by atoms with E-state index in [1.165, 1.54) is 0 Å². The highest BCUT2D eigenvalue weighted by Crippen LogP contribution is 2.17. The fourth-order valence-electron chi connectivity index (χ4n) is 2.44. The number of halogens is 1. The summed E-state index contributed by atoms with van der Waals surface area (Å²) in [5, 5.41) is 5.99. The molecule has 2 aliphatic heterocycles. The average Bonchev–Trinajstić information content (AvgIpc) is 2.75. The molecular formula is C11H20ClN3O2. The molecule has 2 aliphatic rings. The lowest BCUT2D eigenvalue weighted by Gasteiger charge is -2.33. The van der Waals surface area contributed by atoms with Crippen molar-refractivity contribution in [2.45, 2.75) is 25.3 Å². The molecule has 6 heteroatoms. The van der Waals surface area contributed by atoms with Gasteiger partial charge in [0.05, 0.1) is 5.92 Å². The van der Waals surface area contributed by atoms with Crippen molar-refractivity contribution in [3.05, 3.63) is 0 Å². The number of amides is 2. The molecular weight excluding hydrogens is 242 g/mol. The summed E-state index contributed by atoms with van der Waals surface area (Å²) in [5.41, 5.74) is 0. The fraction of sp³-hybridized carbons (Fsp3) is 0.818. The summed E-state index contributed by atoms with van der Waals surface area (Å²) < 4.78 is 0. The van der Waals surface area contributed by atoms with Crippen LogP contribution in [0.4, 0.5) is 0 Å². The molecule has 0 radical (unpaired) electrons. The molecule has 0 bridgehead atoms. The summed E-state index contributed by atoms with van der Waals surface area (Å²) >= 11 is 0. The van der Waals surface area contributed by atoms with Crippen molar-refractivity contribution in [2.75, 3.05) is 26.7 Å². The molecule has 17 heavy (non-hydrogen) atoms. The number of nitrogens with zero attached hydrogens (tertiary/aromatic N) is 1. The van der Waals surface area contributed by atoms with Gasteiger partial charge in [-0.2, -0.15) is 0 Å². The summed E-state index contributed by atoms with van der Waals surface area (Å²) in [7, 11) is 1.86. The van der Waals surface area contributed by atoms with Crippen LogP contribution in [0.3, 0.4) is 0 Å². The lowest BCUT2D eigenvalue weighted by Crippen LogP contribution is -2.46. The summed E-state index contributed by atoms with van der Waals surface area (Å²) in [6.07, 6.45) is 2.38. The number of hydrogen-bond acceptors (Lipinski definition) is 3. The summed E-state index contributed by atoms with van der Waals surface area (Å²) in [6, 6.07) is 0.337. The molecule has 0 spiro atoms. The monoisotopic (exact) mass is 261 g/mol. The predicted octanol–water partition coefficient (Wildman–Crippen LogP) is -0.245. The first kappa shape index (κ1) is 14.3. The van der Waals surface area contributed by atoms with E-state index in [2.05, 4.69) is 10.6 Å². The Balaban J connectivity index is 0.00000144. The van der Waals surface area contributed by atoms with Gasteiger partial charge in [0.1, 0.15) is 0 Å². The van der Waals surface area contributed by atoms with E-state index >= 15 is 0 Å². The minimum atomic E-state index is -0.146. The van der Waals surface area contributed by atoms with Crippen molar-refractivity contribution in [1.29, 1.82) is 0 Å². The lowest BCUT2D eigenvalue weighted by molar-refractivity contribution is -0.137. The summed E-state index contributed by atoms with van der Waals surface area (Å²) in [4.78, 5) is 25.0. The van der Waals surface area contributed by atoms with Crippen LogP contribution in [0.5, 0.6) is 0 Å². The highest BCUT2D eigenvalue weighted by Gasteiger charge is 2.32. The van der Waals surface area contributed by atoms with Gasteiger partial charge in [-0.05, 0) is 25.9 Å². The van der Waals surface area contributed by atoms with Gasteiger partial charge in [-0.15, -0.1) is 12.4 Å². The largest absolute Gasteiger partial charge is 0.355 e. The Kier molecular flexibility index (Phi) is 5.21. The van der Waals surface area contributed by atoms with Gasteiger partial charge in [0.25, 0.3) is 0 Å². The number of nitrogens with one attached hydrogen (secondary N) is 2. The zero-order chi connectivity index (χ0) is 11.5. The Morgan fingerprint density at radius 2 is 2.00 bits per heavy atom. The molecule has 2 fully saturated rings. The second kappa shape index (κ2) is 6.21. The van der Waals surface area contributed by atoms with Gasteiger partial charge < -0.3 is 15.5 Å². The van der Waals surface area contributed by atoms with Crippen molar-refractivity contribution in [1.82, 2.24) is 15.5 Å². The molecule has 2 saturated heterocycles. The standard InChI is InChI=1S/C11H19N3O2.ClH/c1-14(9-2-4-12-5-3-9)11(16)8-6-10(15)13-7-8;/h8-9,12H,2-7H2,1H3,(H,13,15);1H. The van der Waals surface area contributed by atoms with Crippen molar-refractivity contribution < 1.29 is 9.59 Å². The van der Waals surface area contributed by atoms with E-state index in [1.807, 2.05) is 11.9 Å². The van der Waals surface area contributed by atoms with Crippen LogP contribution >= 0.6 is 12.4 Å². The van der Waals surface area contributed by atoms with Crippen molar-refractivity contribution in [3.8, 4) is 0 Å². The first-order valence-electron chi connectivity index (χ1n) is 5.92. The molecule has 5 nitrogen and oxygen atoms in total. The third-order valence-electron chi connectivity index (χ3n) is 3.53. The molecule has 0 saturated carbocycles. The molecule has 0 aliphatic carbocycles. The maximum Gasteiger partial charge on any atom is 0.227 e. The number of carbonyl (C=O) groups excluding carboxylic acids is 2. The van der Waals surface area contributed by atoms with Gasteiger partial charge in [0.15, 0.2) is 0 Å². The van der Waals surface area contributed by atoms with Crippen molar-refractivity contribution in [2.24, 2.45) is 5.92 Å². The van der Waals surface area contributed by atoms with Crippen LogP contribution in [-0.2, 0) is 9.59 Å². The highest BCUT2D eigenvalue weighted by atomic mass is 35.5. The third-order valence-corrected chi connectivity index (χ3v) is 3.53. The third kappa shape index (κ3) is 3.33. The maximum absolute atomic E-state index is 12.1. The number of piperidine rings is 1. The van der Waals surface area contributed by atoms with Gasteiger partial charge in [-0.25, -0.2) is 0 Å². The Morgan fingerprint density at radius 3 is 2.53 bits per heavy atom. The van der Waals surface area contributed by atoms with Crippen molar-refractivity contribution in [3.63, 3.8) is 0 Å². The van der Waals surface area contributed by atoms with Gasteiger partial charge in [-0.1, -0.05) is 0 Å². The van der Waals surface area contributed by atoms with Crippen LogP contribution in [0.25, 0.3) is 0 Å². The van der Waals surface area contributed by atoms with E-state index in [0.29, 0.717) is 19.0 Å². The lowest BCUT2D eigenvalue weighted by atomic mass is 10.0. The molecule has 0 aromatic heterocycles. The average molecular weight is 262 g/mol. The molecule has 98 valence electrons. The quantitative estimate of drug-likeness (QED) is 0.721. The Hall–Kier alpha value is -0.810. The zero-order valence-electron chi connectivity index (χ0n) is 10.1. The van der Waals surface area contributed by atoms with Crippen LogP contribution in [0, 0.1) is 5.92 Å². The van der Waals surface area contributed by atoms with E-state index in [4.69, 9.17) is 0 Å². The van der Waals surface area contributed by atoms with Crippen LogP contribution < -0.4 is 10.6 Å². The molecule has 2 amide bonds. The van der Waals surface area contributed by atoms with E-state index in [-0.39, 0.29) is 30.1 Å². The second-order valence-corrected chi connectivity index (χ2v) is 4.64. The van der Waals surface area contributed by atoms with Crippen LogP contribution in [0.15, 0.2) is 0 Å². The van der Waals surface area contributed by atoms with Crippen molar-refractivity contribution >= 4 is 24.2 Å². The van der Waals surface area contributed by atoms with E-state index in [1.54, 1.807) is 0 Å².